The Morgan fingerprint density at radius 3 is 2.32 bits per heavy atom. The van der Waals surface area contributed by atoms with Gasteiger partial charge in [-0.1, -0.05) is 24.3 Å². The Balaban J connectivity index is 1.60. The van der Waals surface area contributed by atoms with Gasteiger partial charge in [0, 0.05) is 17.2 Å². The first-order valence-corrected chi connectivity index (χ1v) is 13.8. The second-order valence-electron chi connectivity index (χ2n) is 11.5. The van der Waals surface area contributed by atoms with E-state index in [1.54, 1.807) is 58.9 Å². The van der Waals surface area contributed by atoms with Gasteiger partial charge < -0.3 is 23.7 Å². The van der Waals surface area contributed by atoms with E-state index in [2.05, 4.69) is 5.43 Å². The number of anilines is 1. The molecule has 1 aliphatic heterocycles. The molecule has 0 spiro atoms. The van der Waals surface area contributed by atoms with Crippen LogP contribution in [0, 0.1) is 17.5 Å². The summed E-state index contributed by atoms with van der Waals surface area (Å²) < 4.78 is 69.4. The molecule has 0 saturated carbocycles. The molecule has 1 heterocycles. The van der Waals surface area contributed by atoms with Gasteiger partial charge >= 0.3 is 12.1 Å². The summed E-state index contributed by atoms with van der Waals surface area (Å²) in [5, 5.41) is 1.21. The zero-order valence-electron chi connectivity index (χ0n) is 25.3. The fourth-order valence-electron chi connectivity index (χ4n) is 4.44. The van der Waals surface area contributed by atoms with Crippen LogP contribution >= 0.6 is 0 Å². The molecule has 9 nitrogen and oxygen atoms in total. The summed E-state index contributed by atoms with van der Waals surface area (Å²) in [6, 6.07) is 12.2. The third-order valence-corrected chi connectivity index (χ3v) is 6.44. The lowest BCUT2D eigenvalue weighted by molar-refractivity contribution is -0.139. The number of rotatable bonds is 9. The van der Waals surface area contributed by atoms with Gasteiger partial charge in [-0.2, -0.15) is 0 Å². The van der Waals surface area contributed by atoms with Crippen molar-refractivity contribution in [1.82, 2.24) is 5.01 Å². The minimum atomic E-state index is -1.28. The van der Waals surface area contributed by atoms with Gasteiger partial charge in [0.05, 0.1) is 31.5 Å². The second-order valence-corrected chi connectivity index (χ2v) is 11.5. The van der Waals surface area contributed by atoms with E-state index < -0.39 is 47.0 Å². The van der Waals surface area contributed by atoms with Crippen molar-refractivity contribution in [1.29, 1.82) is 0 Å². The number of hydrogen-bond donors (Lipinski definition) is 1. The molecule has 0 aromatic heterocycles. The van der Waals surface area contributed by atoms with Crippen LogP contribution < -0.4 is 10.2 Å². The standard InChI is InChI=1S/C32H35F3N2O7/c1-31(2,3)44-30(39)37(16-22-18-42-32(4,5)43-22)36-28-20(8-7-9-23(28)29(38)40-6)17-41-21-12-10-19(11-13-21)24-14-26(34)27(35)15-25(24)33/h7-15,22,36H,16-18H2,1-6H3/t22-/m0/s1. The van der Waals surface area contributed by atoms with Crippen LogP contribution in [0.15, 0.2) is 54.6 Å². The predicted octanol–water partition coefficient (Wildman–Crippen LogP) is 6.85. The first-order valence-electron chi connectivity index (χ1n) is 13.8. The molecule has 12 heteroatoms. The van der Waals surface area contributed by atoms with Gasteiger partial charge in [0.2, 0.25) is 0 Å². The number of methoxy groups -OCH3 is 1. The lowest BCUT2D eigenvalue weighted by Gasteiger charge is -2.31. The number of benzene rings is 3. The number of carbonyl (C=O) groups is 2. The summed E-state index contributed by atoms with van der Waals surface area (Å²) in [5.41, 5.74) is 3.29. The van der Waals surface area contributed by atoms with Crippen molar-refractivity contribution < 1.29 is 46.4 Å². The summed E-state index contributed by atoms with van der Waals surface area (Å²) in [6.45, 7) is 8.91. The number of halogens is 3. The van der Waals surface area contributed by atoms with Crippen molar-refractivity contribution in [3.8, 4) is 16.9 Å². The highest BCUT2D eigenvalue weighted by atomic mass is 19.2. The minimum absolute atomic E-state index is 0.0240. The second kappa shape index (κ2) is 13.1. The molecular formula is C32H35F3N2O7. The van der Waals surface area contributed by atoms with E-state index in [4.69, 9.17) is 23.7 Å². The summed E-state index contributed by atoms with van der Waals surface area (Å²) >= 11 is 0. The third-order valence-electron chi connectivity index (χ3n) is 6.44. The molecule has 44 heavy (non-hydrogen) atoms. The lowest BCUT2D eigenvalue weighted by atomic mass is 10.0. The van der Waals surface area contributed by atoms with Crippen LogP contribution in [0.3, 0.4) is 0 Å². The van der Waals surface area contributed by atoms with Crippen LogP contribution in [0.5, 0.6) is 5.75 Å². The number of ether oxygens (including phenoxy) is 5. The molecule has 0 unspecified atom stereocenters. The molecule has 1 atom stereocenters. The fraction of sp³-hybridized carbons (Fsp3) is 0.375. The smallest absolute Gasteiger partial charge is 0.429 e. The van der Waals surface area contributed by atoms with Crippen LogP contribution in [-0.4, -0.2) is 54.8 Å². The maximum atomic E-state index is 14.2. The van der Waals surface area contributed by atoms with Crippen LogP contribution in [0.4, 0.5) is 23.7 Å². The van der Waals surface area contributed by atoms with Gasteiger partial charge in [0.1, 0.15) is 29.9 Å². The Hall–Kier alpha value is -4.29. The normalized spacial score (nSPS) is 15.9. The first-order chi connectivity index (χ1) is 20.7. The van der Waals surface area contributed by atoms with Gasteiger partial charge in [-0.05, 0) is 64.4 Å². The van der Waals surface area contributed by atoms with Crippen LogP contribution in [0.1, 0.15) is 50.5 Å². The Bertz CT molecular complexity index is 1510. The molecule has 1 fully saturated rings. The number of amides is 1. The van der Waals surface area contributed by atoms with E-state index in [9.17, 15) is 22.8 Å². The highest BCUT2D eigenvalue weighted by molar-refractivity contribution is 5.96. The van der Waals surface area contributed by atoms with E-state index in [-0.39, 0.29) is 36.6 Å². The number of hydrazine groups is 1. The molecule has 1 aliphatic rings. The molecule has 0 radical (unpaired) electrons. The van der Waals surface area contributed by atoms with Crippen molar-refractivity contribution in [2.24, 2.45) is 0 Å². The largest absolute Gasteiger partial charge is 0.489 e. The molecular weight excluding hydrogens is 581 g/mol. The molecule has 4 rings (SSSR count). The number of para-hydroxylation sites is 1. The molecule has 3 aromatic rings. The van der Waals surface area contributed by atoms with Crippen molar-refractivity contribution >= 4 is 17.7 Å². The zero-order chi connectivity index (χ0) is 32.2. The minimum Gasteiger partial charge on any atom is -0.489 e. The summed E-state index contributed by atoms with van der Waals surface area (Å²) in [5.74, 6) is -4.46. The third kappa shape index (κ3) is 8.20. The first kappa shape index (κ1) is 32.6. The Labute approximate surface area is 253 Å². The molecule has 236 valence electrons. The van der Waals surface area contributed by atoms with Gasteiger partial charge in [-0.15, -0.1) is 0 Å². The maximum absolute atomic E-state index is 14.2. The van der Waals surface area contributed by atoms with E-state index in [0.717, 1.165) is 6.07 Å². The highest BCUT2D eigenvalue weighted by Crippen LogP contribution is 2.30. The van der Waals surface area contributed by atoms with Gasteiger partial charge in [0.15, 0.2) is 17.4 Å². The highest BCUT2D eigenvalue weighted by Gasteiger charge is 2.36. The number of nitrogens with zero attached hydrogens (tertiary/aromatic N) is 1. The molecule has 1 saturated heterocycles. The van der Waals surface area contributed by atoms with Crippen LogP contribution in [0.2, 0.25) is 0 Å². The SMILES string of the molecule is COC(=O)c1cccc(COc2ccc(-c3cc(F)c(F)cc3F)cc2)c1NN(C[C@H]1COC(C)(C)O1)C(=O)OC(C)(C)C. The maximum Gasteiger partial charge on any atom is 0.429 e. The Kier molecular flexibility index (Phi) is 9.75. The van der Waals surface area contributed by atoms with Crippen molar-refractivity contribution in [2.75, 3.05) is 25.7 Å². The van der Waals surface area contributed by atoms with Crippen molar-refractivity contribution in [3.63, 3.8) is 0 Å². The Morgan fingerprint density at radius 1 is 1.02 bits per heavy atom. The summed E-state index contributed by atoms with van der Waals surface area (Å²) in [6.07, 6.45) is -1.20. The lowest BCUT2D eigenvalue weighted by Crippen LogP contribution is -2.45. The van der Waals surface area contributed by atoms with Crippen molar-refractivity contribution in [2.45, 2.75) is 58.7 Å². The molecule has 0 aliphatic carbocycles. The van der Waals surface area contributed by atoms with E-state index >= 15 is 0 Å². The van der Waals surface area contributed by atoms with Crippen LogP contribution in [-0.2, 0) is 25.6 Å². The monoisotopic (exact) mass is 616 g/mol. The quantitative estimate of drug-likeness (QED) is 0.158. The van der Waals surface area contributed by atoms with E-state index in [1.165, 1.54) is 30.3 Å². The van der Waals surface area contributed by atoms with Gasteiger partial charge in [0.25, 0.3) is 0 Å². The fourth-order valence-corrected chi connectivity index (χ4v) is 4.44. The summed E-state index contributed by atoms with van der Waals surface area (Å²) in [7, 11) is 1.24. The number of carbonyl (C=O) groups excluding carboxylic acids is 2. The number of hydrogen-bond acceptors (Lipinski definition) is 8. The number of nitrogens with one attached hydrogen (secondary N) is 1. The van der Waals surface area contributed by atoms with E-state index in [0.29, 0.717) is 22.9 Å². The van der Waals surface area contributed by atoms with E-state index in [1.807, 2.05) is 0 Å². The zero-order valence-corrected chi connectivity index (χ0v) is 25.3. The topological polar surface area (TPSA) is 95.6 Å². The van der Waals surface area contributed by atoms with Crippen LogP contribution in [0.25, 0.3) is 11.1 Å². The Morgan fingerprint density at radius 2 is 1.70 bits per heavy atom. The predicted molar refractivity (Wildman–Crippen MR) is 155 cm³/mol. The average Bonchev–Trinajstić information content (AvgIpc) is 3.30. The van der Waals surface area contributed by atoms with Gasteiger partial charge in [-0.3, -0.25) is 5.43 Å². The molecule has 0 bridgehead atoms. The molecule has 1 amide bonds. The van der Waals surface area contributed by atoms with Gasteiger partial charge in [-0.25, -0.2) is 27.8 Å². The van der Waals surface area contributed by atoms with Crippen molar-refractivity contribution in [3.05, 3.63) is 83.2 Å². The summed E-state index contributed by atoms with van der Waals surface area (Å²) in [4.78, 5) is 26.0. The molecule has 1 N–H and O–H groups in total. The molecule has 3 aromatic carbocycles. The number of esters is 1. The average molecular weight is 617 g/mol.